The minimum Gasteiger partial charge on any atom is -0.444 e. The van der Waals surface area contributed by atoms with Crippen molar-refractivity contribution in [2.75, 3.05) is 0 Å². The summed E-state index contributed by atoms with van der Waals surface area (Å²) < 4.78 is 10.8. The minimum atomic E-state index is -0.438. The second-order valence-corrected chi connectivity index (χ2v) is 5.57. The number of carbonyl (C=O) groups is 1. The summed E-state index contributed by atoms with van der Waals surface area (Å²) in [4.78, 5) is 11.6. The quantitative estimate of drug-likeness (QED) is 0.751. The van der Waals surface area contributed by atoms with Gasteiger partial charge in [0.2, 0.25) is 0 Å². The highest BCUT2D eigenvalue weighted by molar-refractivity contribution is 5.68. The van der Waals surface area contributed by atoms with E-state index >= 15 is 0 Å². The predicted octanol–water partition coefficient (Wildman–Crippen LogP) is 2.47. The van der Waals surface area contributed by atoms with Crippen LogP contribution in [0.3, 0.4) is 0 Å². The zero-order valence-corrected chi connectivity index (χ0v) is 10.9. The fraction of sp³-hybridized carbons (Fsp3) is 0.917. The molecule has 1 aliphatic heterocycles. The lowest BCUT2D eigenvalue weighted by molar-refractivity contribution is -0.0431. The van der Waals surface area contributed by atoms with Gasteiger partial charge in [-0.1, -0.05) is 0 Å². The molecule has 1 saturated heterocycles. The number of nitrogens with one attached hydrogen (secondary N) is 1. The Bertz CT molecular complexity index is 237. The van der Waals surface area contributed by atoms with Gasteiger partial charge in [-0.2, -0.15) is 0 Å². The van der Waals surface area contributed by atoms with Crippen molar-refractivity contribution in [1.82, 2.24) is 5.32 Å². The molecule has 4 nitrogen and oxygen atoms in total. The van der Waals surface area contributed by atoms with Crippen molar-refractivity contribution in [3.05, 3.63) is 0 Å². The zero-order valence-electron chi connectivity index (χ0n) is 10.9. The first-order valence-electron chi connectivity index (χ1n) is 5.91. The SMILES string of the molecule is CC1CC(NC(=O)OC(C)(C)C)CC(C)O1. The number of hydrogen-bond acceptors (Lipinski definition) is 3. The number of carbonyl (C=O) groups excluding carboxylic acids is 1. The molecule has 4 heteroatoms. The van der Waals surface area contributed by atoms with Crippen molar-refractivity contribution in [2.24, 2.45) is 0 Å². The van der Waals surface area contributed by atoms with Crippen LogP contribution in [0, 0.1) is 0 Å². The Morgan fingerprint density at radius 1 is 1.25 bits per heavy atom. The van der Waals surface area contributed by atoms with E-state index in [0.717, 1.165) is 12.8 Å². The fourth-order valence-electron chi connectivity index (χ4n) is 2.00. The van der Waals surface area contributed by atoms with Gasteiger partial charge in [-0.15, -0.1) is 0 Å². The molecule has 1 aliphatic rings. The van der Waals surface area contributed by atoms with E-state index in [1.807, 2.05) is 34.6 Å². The molecular weight excluding hydrogens is 206 g/mol. The molecular formula is C12H23NO3. The molecule has 1 amide bonds. The molecule has 1 fully saturated rings. The van der Waals surface area contributed by atoms with Gasteiger partial charge in [-0.05, 0) is 47.5 Å². The predicted molar refractivity (Wildman–Crippen MR) is 62.4 cm³/mol. The first-order chi connectivity index (χ1) is 7.26. The van der Waals surface area contributed by atoms with E-state index in [0.29, 0.717) is 0 Å². The van der Waals surface area contributed by atoms with E-state index in [4.69, 9.17) is 9.47 Å². The first-order valence-corrected chi connectivity index (χ1v) is 5.91. The summed E-state index contributed by atoms with van der Waals surface area (Å²) in [6.45, 7) is 9.64. The molecule has 1 rings (SSSR count). The van der Waals surface area contributed by atoms with Gasteiger partial charge in [0, 0.05) is 6.04 Å². The Labute approximate surface area is 97.7 Å². The lowest BCUT2D eigenvalue weighted by atomic mass is 10.0. The molecule has 16 heavy (non-hydrogen) atoms. The summed E-state index contributed by atoms with van der Waals surface area (Å²) in [5.41, 5.74) is -0.438. The summed E-state index contributed by atoms with van der Waals surface area (Å²) in [5.74, 6) is 0. The number of amides is 1. The number of hydrogen-bond donors (Lipinski definition) is 1. The molecule has 0 aromatic rings. The van der Waals surface area contributed by atoms with Crippen molar-refractivity contribution in [3.63, 3.8) is 0 Å². The monoisotopic (exact) mass is 229 g/mol. The molecule has 0 bridgehead atoms. The Morgan fingerprint density at radius 2 is 1.75 bits per heavy atom. The highest BCUT2D eigenvalue weighted by Gasteiger charge is 2.27. The Hall–Kier alpha value is -0.770. The zero-order chi connectivity index (χ0) is 12.3. The summed E-state index contributed by atoms with van der Waals surface area (Å²) in [5, 5.41) is 2.90. The molecule has 0 aliphatic carbocycles. The van der Waals surface area contributed by atoms with Gasteiger partial charge < -0.3 is 14.8 Å². The highest BCUT2D eigenvalue weighted by Crippen LogP contribution is 2.19. The van der Waals surface area contributed by atoms with Crippen molar-refractivity contribution in [2.45, 2.75) is 71.3 Å². The maximum atomic E-state index is 11.6. The second-order valence-electron chi connectivity index (χ2n) is 5.57. The van der Waals surface area contributed by atoms with Crippen LogP contribution >= 0.6 is 0 Å². The smallest absolute Gasteiger partial charge is 0.407 e. The molecule has 0 radical (unpaired) electrons. The van der Waals surface area contributed by atoms with E-state index in [1.54, 1.807) is 0 Å². The molecule has 94 valence electrons. The molecule has 0 spiro atoms. The van der Waals surface area contributed by atoms with Crippen molar-refractivity contribution in [1.29, 1.82) is 0 Å². The standard InChI is InChI=1S/C12H23NO3/c1-8-6-10(7-9(2)15-8)13-11(14)16-12(3,4)5/h8-10H,6-7H2,1-5H3,(H,13,14). The van der Waals surface area contributed by atoms with Crippen LogP contribution in [0.2, 0.25) is 0 Å². The van der Waals surface area contributed by atoms with Gasteiger partial charge in [0.05, 0.1) is 12.2 Å². The van der Waals surface area contributed by atoms with Crippen molar-refractivity contribution >= 4 is 6.09 Å². The number of alkyl carbamates (subject to hydrolysis) is 1. The summed E-state index contributed by atoms with van der Waals surface area (Å²) in [7, 11) is 0. The highest BCUT2D eigenvalue weighted by atomic mass is 16.6. The molecule has 1 N–H and O–H groups in total. The Morgan fingerprint density at radius 3 is 2.19 bits per heavy atom. The van der Waals surface area contributed by atoms with Gasteiger partial charge in [0.25, 0.3) is 0 Å². The van der Waals surface area contributed by atoms with Gasteiger partial charge in [0.15, 0.2) is 0 Å². The Kier molecular flexibility index (Phi) is 4.19. The topological polar surface area (TPSA) is 47.6 Å². The fourth-order valence-corrected chi connectivity index (χ4v) is 2.00. The van der Waals surface area contributed by atoms with E-state index in [9.17, 15) is 4.79 Å². The number of ether oxygens (including phenoxy) is 2. The van der Waals surface area contributed by atoms with E-state index in [-0.39, 0.29) is 24.3 Å². The Balaban J connectivity index is 2.39. The summed E-state index contributed by atoms with van der Waals surface area (Å²) >= 11 is 0. The van der Waals surface area contributed by atoms with E-state index in [1.165, 1.54) is 0 Å². The molecule has 0 aromatic carbocycles. The van der Waals surface area contributed by atoms with Crippen LogP contribution in [-0.4, -0.2) is 29.9 Å². The lowest BCUT2D eigenvalue weighted by Crippen LogP contribution is -2.45. The van der Waals surface area contributed by atoms with Crippen LogP contribution in [0.15, 0.2) is 0 Å². The summed E-state index contributed by atoms with van der Waals surface area (Å²) in [6, 6.07) is 0.161. The lowest BCUT2D eigenvalue weighted by Gasteiger charge is -2.33. The van der Waals surface area contributed by atoms with Gasteiger partial charge in [0.1, 0.15) is 5.60 Å². The van der Waals surface area contributed by atoms with Crippen LogP contribution in [-0.2, 0) is 9.47 Å². The van der Waals surface area contributed by atoms with Crippen LogP contribution in [0.1, 0.15) is 47.5 Å². The van der Waals surface area contributed by atoms with Crippen LogP contribution < -0.4 is 5.32 Å². The van der Waals surface area contributed by atoms with Crippen molar-refractivity contribution < 1.29 is 14.3 Å². The van der Waals surface area contributed by atoms with Gasteiger partial charge in [-0.3, -0.25) is 0 Å². The maximum absolute atomic E-state index is 11.6. The average molecular weight is 229 g/mol. The van der Waals surface area contributed by atoms with Crippen molar-refractivity contribution in [3.8, 4) is 0 Å². The van der Waals surface area contributed by atoms with Crippen LogP contribution in [0.5, 0.6) is 0 Å². The normalized spacial score (nSPS) is 30.9. The largest absolute Gasteiger partial charge is 0.444 e. The van der Waals surface area contributed by atoms with E-state index < -0.39 is 5.60 Å². The van der Waals surface area contributed by atoms with Gasteiger partial charge in [-0.25, -0.2) is 4.79 Å². The maximum Gasteiger partial charge on any atom is 0.407 e. The molecule has 0 aromatic heterocycles. The summed E-state index contributed by atoms with van der Waals surface area (Å²) in [6.07, 6.45) is 1.76. The molecule has 0 saturated carbocycles. The average Bonchev–Trinajstić information content (AvgIpc) is 1.96. The molecule has 2 unspecified atom stereocenters. The third kappa shape index (κ3) is 4.84. The van der Waals surface area contributed by atoms with E-state index in [2.05, 4.69) is 5.32 Å². The number of rotatable bonds is 1. The minimum absolute atomic E-state index is 0.161. The van der Waals surface area contributed by atoms with Crippen LogP contribution in [0.4, 0.5) is 4.79 Å². The first kappa shape index (κ1) is 13.3. The molecule has 1 heterocycles. The molecule has 2 atom stereocenters. The van der Waals surface area contributed by atoms with Gasteiger partial charge >= 0.3 is 6.09 Å². The second kappa shape index (κ2) is 5.04. The van der Waals surface area contributed by atoms with Crippen LogP contribution in [0.25, 0.3) is 0 Å². The third-order valence-electron chi connectivity index (χ3n) is 2.42. The third-order valence-corrected chi connectivity index (χ3v) is 2.42.